The molecule has 1 atom stereocenters. The first kappa shape index (κ1) is 20.4. The smallest absolute Gasteiger partial charge is 0.191 e. The highest BCUT2D eigenvalue weighted by atomic mass is 127. The summed E-state index contributed by atoms with van der Waals surface area (Å²) in [5.41, 5.74) is 1.17. The Bertz CT molecular complexity index is 412. The summed E-state index contributed by atoms with van der Waals surface area (Å²) in [6.45, 7) is 6.71. The third-order valence-electron chi connectivity index (χ3n) is 2.88. The summed E-state index contributed by atoms with van der Waals surface area (Å²) in [6, 6.07) is 7.99. The second kappa shape index (κ2) is 12.0. The molecule has 0 amide bonds. The fourth-order valence-corrected chi connectivity index (χ4v) is 1.82. The molecule has 0 radical (unpaired) electrons. The van der Waals surface area contributed by atoms with Crippen molar-refractivity contribution < 1.29 is 4.74 Å². The Labute approximate surface area is 149 Å². The van der Waals surface area contributed by atoms with Gasteiger partial charge in [-0.3, -0.25) is 0 Å². The quantitative estimate of drug-likeness (QED) is 0.402. The summed E-state index contributed by atoms with van der Waals surface area (Å²) in [5.74, 6) is 1.74. The third kappa shape index (κ3) is 8.40. The Hall–Kier alpha value is -0.630. The lowest BCUT2D eigenvalue weighted by Gasteiger charge is -2.14. The number of hydrogen-bond donors (Lipinski definition) is 2. The van der Waals surface area contributed by atoms with Crippen LogP contribution >= 0.6 is 35.7 Å². The van der Waals surface area contributed by atoms with Gasteiger partial charge in [0.05, 0.1) is 13.7 Å². The Balaban J connectivity index is 0.00000400. The van der Waals surface area contributed by atoms with E-state index in [-0.39, 0.29) is 24.0 Å². The lowest BCUT2D eigenvalue weighted by atomic mass is 10.2. The number of aliphatic imine (C=N–C) groups is 1. The van der Waals surface area contributed by atoms with Crippen LogP contribution in [0.1, 0.15) is 19.4 Å². The molecule has 0 fully saturated rings. The van der Waals surface area contributed by atoms with E-state index in [9.17, 15) is 0 Å². The zero-order valence-electron chi connectivity index (χ0n) is 13.2. The van der Waals surface area contributed by atoms with Crippen LogP contribution in [0.25, 0.3) is 0 Å². The van der Waals surface area contributed by atoms with E-state index in [0.29, 0.717) is 11.8 Å². The van der Waals surface area contributed by atoms with Gasteiger partial charge in [-0.15, -0.1) is 24.0 Å². The van der Waals surface area contributed by atoms with Gasteiger partial charge in [0.1, 0.15) is 5.75 Å². The predicted octanol–water partition coefficient (Wildman–Crippen LogP) is 3.12. The minimum absolute atomic E-state index is 0. The molecule has 1 rings (SSSR count). The molecule has 0 aliphatic rings. The predicted molar refractivity (Wildman–Crippen MR) is 104 cm³/mol. The molecule has 0 bridgehead atoms. The molecular formula is C15H26IN3OS. The molecule has 1 unspecified atom stereocenters. The highest BCUT2D eigenvalue weighted by Gasteiger charge is 2.02. The highest BCUT2D eigenvalue weighted by Crippen LogP contribution is 2.11. The number of halogens is 1. The fourth-order valence-electron chi connectivity index (χ4n) is 1.57. The Morgan fingerprint density at radius 1 is 1.29 bits per heavy atom. The van der Waals surface area contributed by atoms with Gasteiger partial charge in [0.15, 0.2) is 5.96 Å². The third-order valence-corrected chi connectivity index (χ3v) is 3.85. The van der Waals surface area contributed by atoms with Gasteiger partial charge in [0.2, 0.25) is 0 Å². The molecule has 1 aromatic rings. The van der Waals surface area contributed by atoms with Gasteiger partial charge in [-0.2, -0.15) is 11.8 Å². The number of methoxy groups -OCH3 is 1. The highest BCUT2D eigenvalue weighted by molar-refractivity contribution is 14.0. The van der Waals surface area contributed by atoms with Gasteiger partial charge in [0, 0.05) is 18.3 Å². The van der Waals surface area contributed by atoms with E-state index < -0.39 is 0 Å². The van der Waals surface area contributed by atoms with E-state index >= 15 is 0 Å². The molecule has 0 aliphatic heterocycles. The molecule has 6 heteroatoms. The lowest BCUT2D eigenvalue weighted by Crippen LogP contribution is -2.40. The van der Waals surface area contributed by atoms with Crippen LogP contribution in [0, 0.1) is 0 Å². The topological polar surface area (TPSA) is 45.7 Å². The van der Waals surface area contributed by atoms with Gasteiger partial charge in [-0.05, 0) is 30.9 Å². The summed E-state index contributed by atoms with van der Waals surface area (Å²) in [6.07, 6.45) is 2.12. The summed E-state index contributed by atoms with van der Waals surface area (Å²) in [4.78, 5) is 4.59. The maximum Gasteiger partial charge on any atom is 0.191 e. The summed E-state index contributed by atoms with van der Waals surface area (Å²) >= 11 is 1.84. The first-order valence-corrected chi connectivity index (χ1v) is 8.16. The fraction of sp³-hybridized carbons (Fsp3) is 0.533. The molecule has 4 nitrogen and oxygen atoms in total. The van der Waals surface area contributed by atoms with Crippen molar-refractivity contribution in [3.05, 3.63) is 29.8 Å². The molecule has 0 aliphatic carbocycles. The molecule has 0 saturated heterocycles. The SMILES string of the molecule is CCNC(=NCc1ccc(OC)cc1)NCC(C)SC.I. The van der Waals surface area contributed by atoms with Crippen LogP contribution in [0.4, 0.5) is 0 Å². The van der Waals surface area contributed by atoms with Crippen LogP contribution in [-0.2, 0) is 6.54 Å². The zero-order valence-corrected chi connectivity index (χ0v) is 16.3. The molecule has 0 heterocycles. The number of thioether (sulfide) groups is 1. The van der Waals surface area contributed by atoms with Gasteiger partial charge >= 0.3 is 0 Å². The minimum atomic E-state index is 0. The summed E-state index contributed by atoms with van der Waals surface area (Å²) < 4.78 is 5.15. The van der Waals surface area contributed by atoms with Gasteiger partial charge in [0.25, 0.3) is 0 Å². The van der Waals surface area contributed by atoms with Crippen LogP contribution < -0.4 is 15.4 Å². The standard InChI is InChI=1S/C15H25N3OS.HI/c1-5-16-15(17-10-12(2)20-4)18-11-13-6-8-14(19-3)9-7-13;/h6-9,12H,5,10-11H2,1-4H3,(H2,16,17,18);1H. The number of ether oxygens (including phenoxy) is 1. The number of benzene rings is 1. The molecule has 0 aromatic heterocycles. The van der Waals surface area contributed by atoms with E-state index in [2.05, 4.69) is 35.7 Å². The molecule has 120 valence electrons. The maximum atomic E-state index is 5.15. The average Bonchev–Trinajstić information content (AvgIpc) is 2.50. The van der Waals surface area contributed by atoms with Crippen molar-refractivity contribution in [1.29, 1.82) is 0 Å². The monoisotopic (exact) mass is 423 g/mol. The van der Waals surface area contributed by atoms with Crippen molar-refractivity contribution in [3.8, 4) is 5.75 Å². The maximum absolute atomic E-state index is 5.15. The second-order valence-corrected chi connectivity index (χ2v) is 5.75. The summed E-state index contributed by atoms with van der Waals surface area (Å²) in [5, 5.41) is 7.19. The van der Waals surface area contributed by atoms with Crippen molar-refractivity contribution in [3.63, 3.8) is 0 Å². The van der Waals surface area contributed by atoms with Crippen LogP contribution in [0.3, 0.4) is 0 Å². The van der Waals surface area contributed by atoms with Crippen LogP contribution in [0.15, 0.2) is 29.3 Å². The van der Waals surface area contributed by atoms with Crippen LogP contribution in [0.5, 0.6) is 5.75 Å². The number of hydrogen-bond acceptors (Lipinski definition) is 3. The Morgan fingerprint density at radius 3 is 2.48 bits per heavy atom. The molecular weight excluding hydrogens is 397 g/mol. The average molecular weight is 423 g/mol. The van der Waals surface area contributed by atoms with E-state index in [1.807, 2.05) is 36.0 Å². The first-order chi connectivity index (χ1) is 9.69. The number of nitrogens with zero attached hydrogens (tertiary/aromatic N) is 1. The summed E-state index contributed by atoms with van der Waals surface area (Å²) in [7, 11) is 1.67. The number of guanidine groups is 1. The van der Waals surface area contributed by atoms with Gasteiger partial charge in [-0.25, -0.2) is 4.99 Å². The largest absolute Gasteiger partial charge is 0.497 e. The van der Waals surface area contributed by atoms with Crippen LogP contribution in [-0.4, -0.2) is 37.7 Å². The van der Waals surface area contributed by atoms with E-state index in [4.69, 9.17) is 4.74 Å². The van der Waals surface area contributed by atoms with Crippen molar-refractivity contribution >= 4 is 41.7 Å². The molecule has 1 aromatic carbocycles. The van der Waals surface area contributed by atoms with Gasteiger partial charge in [-0.1, -0.05) is 19.1 Å². The van der Waals surface area contributed by atoms with E-state index in [1.54, 1.807) is 7.11 Å². The van der Waals surface area contributed by atoms with Crippen molar-refractivity contribution in [2.75, 3.05) is 26.5 Å². The second-order valence-electron chi connectivity index (χ2n) is 4.47. The van der Waals surface area contributed by atoms with Crippen LogP contribution in [0.2, 0.25) is 0 Å². The first-order valence-electron chi connectivity index (χ1n) is 6.87. The molecule has 0 spiro atoms. The Kier molecular flexibility index (Phi) is 11.6. The Morgan fingerprint density at radius 2 is 1.95 bits per heavy atom. The molecule has 21 heavy (non-hydrogen) atoms. The molecule has 0 saturated carbocycles. The zero-order chi connectivity index (χ0) is 14.8. The molecule has 2 N–H and O–H groups in total. The normalized spacial score (nSPS) is 12.3. The lowest BCUT2D eigenvalue weighted by molar-refractivity contribution is 0.414. The van der Waals surface area contributed by atoms with Gasteiger partial charge < -0.3 is 15.4 Å². The van der Waals surface area contributed by atoms with E-state index in [0.717, 1.165) is 24.8 Å². The van der Waals surface area contributed by atoms with Crippen molar-refractivity contribution in [1.82, 2.24) is 10.6 Å². The van der Waals surface area contributed by atoms with Crippen molar-refractivity contribution in [2.24, 2.45) is 4.99 Å². The number of rotatable bonds is 7. The van der Waals surface area contributed by atoms with E-state index in [1.165, 1.54) is 5.56 Å². The number of nitrogens with one attached hydrogen (secondary N) is 2. The van der Waals surface area contributed by atoms with Crippen molar-refractivity contribution in [2.45, 2.75) is 25.6 Å². The minimum Gasteiger partial charge on any atom is -0.497 e.